The van der Waals surface area contributed by atoms with E-state index in [-0.39, 0.29) is 30.7 Å². The third kappa shape index (κ3) is 5.47. The topological polar surface area (TPSA) is 72.9 Å². The van der Waals surface area contributed by atoms with Gasteiger partial charge < -0.3 is 15.6 Å². The number of amides is 1. The summed E-state index contributed by atoms with van der Waals surface area (Å²) in [5.74, 6) is 1.45. The summed E-state index contributed by atoms with van der Waals surface area (Å²) in [5.41, 5.74) is 8.76. The fraction of sp³-hybridized carbons (Fsp3) is 0.474. The smallest absolute Gasteiger partial charge is 0.241 e. The van der Waals surface area contributed by atoms with Gasteiger partial charge in [-0.2, -0.15) is 0 Å². The summed E-state index contributed by atoms with van der Waals surface area (Å²) in [4.78, 5) is 16.8. The van der Waals surface area contributed by atoms with Crippen LogP contribution in [0.2, 0.25) is 0 Å². The van der Waals surface area contributed by atoms with Crippen LogP contribution in [0.5, 0.6) is 0 Å². The molecule has 0 spiro atoms. The predicted molar refractivity (Wildman–Crippen MR) is 111 cm³/mol. The molecule has 7 heteroatoms. The Balaban J connectivity index is 0.00000169. The lowest BCUT2D eigenvalue weighted by Crippen LogP contribution is -2.36. The van der Waals surface area contributed by atoms with Crippen LogP contribution in [-0.4, -0.2) is 21.5 Å². The standard InChI is InChI=1S/C19H26N4O.2ClH/c1-13(2)11-16(20)19(24)21-15-8-6-14(7-9-15)17-12-23-10-4-3-5-18(23)22-17;;/h6-9,12-13,16H,3-5,10-11,20H2,1-2H3,(H,21,24);2*1H/t16-;;/m0../s1. The summed E-state index contributed by atoms with van der Waals surface area (Å²) in [6.07, 6.45) is 6.31. The third-order valence-corrected chi connectivity index (χ3v) is 4.42. The molecule has 0 unspecified atom stereocenters. The lowest BCUT2D eigenvalue weighted by atomic mass is 10.0. The van der Waals surface area contributed by atoms with E-state index >= 15 is 0 Å². The van der Waals surface area contributed by atoms with Crippen LogP contribution >= 0.6 is 24.8 Å². The first kappa shape index (κ1) is 22.5. The number of imidazole rings is 1. The molecule has 26 heavy (non-hydrogen) atoms. The molecule has 1 aliphatic heterocycles. The monoisotopic (exact) mass is 398 g/mol. The molecule has 3 rings (SSSR count). The fourth-order valence-electron chi connectivity index (χ4n) is 3.13. The molecule has 0 fully saturated rings. The Bertz CT molecular complexity index is 689. The average molecular weight is 399 g/mol. The summed E-state index contributed by atoms with van der Waals surface area (Å²) >= 11 is 0. The molecule has 1 aromatic heterocycles. The van der Waals surface area contributed by atoms with Crippen LogP contribution in [0.25, 0.3) is 11.3 Å². The van der Waals surface area contributed by atoms with E-state index in [0.717, 1.165) is 29.9 Å². The van der Waals surface area contributed by atoms with Gasteiger partial charge in [0.1, 0.15) is 5.82 Å². The Morgan fingerprint density at radius 2 is 1.92 bits per heavy atom. The zero-order chi connectivity index (χ0) is 17.1. The Hall–Kier alpha value is -1.56. The number of benzene rings is 1. The highest BCUT2D eigenvalue weighted by Gasteiger charge is 2.16. The van der Waals surface area contributed by atoms with E-state index in [1.165, 1.54) is 18.7 Å². The lowest BCUT2D eigenvalue weighted by Gasteiger charge is -2.14. The Morgan fingerprint density at radius 3 is 2.54 bits per heavy atom. The molecule has 2 aromatic rings. The van der Waals surface area contributed by atoms with Crippen LogP contribution in [0, 0.1) is 5.92 Å². The van der Waals surface area contributed by atoms with Crippen molar-refractivity contribution in [1.82, 2.24) is 9.55 Å². The molecule has 0 radical (unpaired) electrons. The molecule has 1 aromatic carbocycles. The van der Waals surface area contributed by atoms with Gasteiger partial charge in [0.15, 0.2) is 0 Å². The number of carbonyl (C=O) groups excluding carboxylic acids is 1. The second-order valence-electron chi connectivity index (χ2n) is 7.00. The maximum atomic E-state index is 12.1. The van der Waals surface area contributed by atoms with Crippen LogP contribution in [0.3, 0.4) is 0 Å². The predicted octanol–water partition coefficient (Wildman–Crippen LogP) is 4.04. The lowest BCUT2D eigenvalue weighted by molar-refractivity contribution is -0.117. The van der Waals surface area contributed by atoms with Gasteiger partial charge in [0.05, 0.1) is 11.7 Å². The number of anilines is 1. The first-order valence-corrected chi connectivity index (χ1v) is 8.76. The normalized spacial score (nSPS) is 14.0. The van der Waals surface area contributed by atoms with E-state index in [9.17, 15) is 4.79 Å². The van der Waals surface area contributed by atoms with Crippen LogP contribution in [0.15, 0.2) is 30.5 Å². The Labute approximate surface area is 167 Å². The number of hydrogen-bond acceptors (Lipinski definition) is 3. The molecule has 1 atom stereocenters. The van der Waals surface area contributed by atoms with E-state index in [1.54, 1.807) is 0 Å². The minimum Gasteiger partial charge on any atom is -0.334 e. The maximum Gasteiger partial charge on any atom is 0.241 e. The summed E-state index contributed by atoms with van der Waals surface area (Å²) < 4.78 is 2.25. The summed E-state index contributed by atoms with van der Waals surface area (Å²) in [6.45, 7) is 5.18. The molecule has 2 heterocycles. The van der Waals surface area contributed by atoms with Crippen LogP contribution in [0.4, 0.5) is 5.69 Å². The van der Waals surface area contributed by atoms with Gasteiger partial charge in [0.2, 0.25) is 5.91 Å². The number of halogens is 2. The molecule has 0 saturated heterocycles. The van der Waals surface area contributed by atoms with Crippen LogP contribution in [0.1, 0.15) is 38.9 Å². The molecule has 1 aliphatic rings. The largest absolute Gasteiger partial charge is 0.334 e. The van der Waals surface area contributed by atoms with E-state index in [0.29, 0.717) is 12.3 Å². The van der Waals surface area contributed by atoms with Crippen molar-refractivity contribution in [3.8, 4) is 11.3 Å². The molecule has 0 bridgehead atoms. The molecular weight excluding hydrogens is 371 g/mol. The van der Waals surface area contributed by atoms with Gasteiger partial charge in [-0.3, -0.25) is 4.79 Å². The third-order valence-electron chi connectivity index (χ3n) is 4.42. The summed E-state index contributed by atoms with van der Waals surface area (Å²) in [7, 11) is 0. The summed E-state index contributed by atoms with van der Waals surface area (Å²) in [6, 6.07) is 7.35. The minimum absolute atomic E-state index is 0. The molecule has 1 amide bonds. The van der Waals surface area contributed by atoms with Crippen molar-refractivity contribution < 1.29 is 4.79 Å². The molecule has 0 aliphatic carbocycles. The van der Waals surface area contributed by atoms with Crippen molar-refractivity contribution in [1.29, 1.82) is 0 Å². The van der Waals surface area contributed by atoms with Crippen molar-refractivity contribution in [2.45, 2.75) is 52.1 Å². The number of nitrogens with one attached hydrogen (secondary N) is 1. The maximum absolute atomic E-state index is 12.1. The fourth-order valence-corrected chi connectivity index (χ4v) is 3.13. The number of aryl methyl sites for hydroxylation is 2. The van der Waals surface area contributed by atoms with Crippen molar-refractivity contribution in [2.24, 2.45) is 11.7 Å². The van der Waals surface area contributed by atoms with Crippen LogP contribution in [-0.2, 0) is 17.8 Å². The minimum atomic E-state index is -0.468. The van der Waals surface area contributed by atoms with Gasteiger partial charge in [-0.05, 0) is 37.3 Å². The van der Waals surface area contributed by atoms with Crippen molar-refractivity contribution in [3.05, 3.63) is 36.3 Å². The zero-order valence-electron chi connectivity index (χ0n) is 15.3. The van der Waals surface area contributed by atoms with Gasteiger partial charge >= 0.3 is 0 Å². The van der Waals surface area contributed by atoms with E-state index < -0.39 is 6.04 Å². The second-order valence-corrected chi connectivity index (χ2v) is 7.00. The second kappa shape index (κ2) is 9.95. The SMILES string of the molecule is CC(C)C[C@H](N)C(=O)Nc1ccc(-c2cn3c(n2)CCCC3)cc1.Cl.Cl. The molecule has 0 saturated carbocycles. The zero-order valence-corrected chi connectivity index (χ0v) is 16.9. The number of fused-ring (bicyclic) bond motifs is 1. The van der Waals surface area contributed by atoms with Crippen molar-refractivity contribution in [3.63, 3.8) is 0 Å². The Morgan fingerprint density at radius 1 is 1.23 bits per heavy atom. The van der Waals surface area contributed by atoms with E-state index in [1.807, 2.05) is 24.3 Å². The number of carbonyl (C=O) groups is 1. The highest BCUT2D eigenvalue weighted by molar-refractivity contribution is 5.94. The van der Waals surface area contributed by atoms with Crippen molar-refractivity contribution >= 4 is 36.4 Å². The summed E-state index contributed by atoms with van der Waals surface area (Å²) in [5, 5.41) is 2.89. The highest BCUT2D eigenvalue weighted by Crippen LogP contribution is 2.24. The quantitative estimate of drug-likeness (QED) is 0.797. The molecule has 5 nitrogen and oxygen atoms in total. The molecular formula is C19H28Cl2N4O. The number of rotatable bonds is 5. The average Bonchev–Trinajstić information content (AvgIpc) is 2.99. The van der Waals surface area contributed by atoms with Gasteiger partial charge in [-0.15, -0.1) is 24.8 Å². The first-order valence-electron chi connectivity index (χ1n) is 8.76. The van der Waals surface area contributed by atoms with Gasteiger partial charge in [-0.1, -0.05) is 26.0 Å². The number of nitrogens with two attached hydrogens (primary N) is 1. The highest BCUT2D eigenvalue weighted by atomic mass is 35.5. The van der Waals surface area contributed by atoms with Crippen LogP contribution < -0.4 is 11.1 Å². The van der Waals surface area contributed by atoms with E-state index in [2.05, 4.69) is 29.9 Å². The number of aromatic nitrogens is 2. The van der Waals surface area contributed by atoms with Gasteiger partial charge in [0.25, 0.3) is 0 Å². The Kier molecular flexibility index (Phi) is 8.60. The van der Waals surface area contributed by atoms with Gasteiger partial charge in [0, 0.05) is 30.4 Å². The number of hydrogen-bond donors (Lipinski definition) is 2. The molecule has 3 N–H and O–H groups in total. The first-order chi connectivity index (χ1) is 11.5. The van der Waals surface area contributed by atoms with E-state index in [4.69, 9.17) is 10.7 Å². The molecule has 144 valence electrons. The van der Waals surface area contributed by atoms with Gasteiger partial charge in [-0.25, -0.2) is 4.98 Å². The van der Waals surface area contributed by atoms with Crippen molar-refractivity contribution in [2.75, 3.05) is 5.32 Å². The number of nitrogens with zero attached hydrogens (tertiary/aromatic N) is 2.